The Hall–Kier alpha value is -2.54. The second-order valence-corrected chi connectivity index (χ2v) is 6.90. The second-order valence-electron chi connectivity index (χ2n) is 5.97. The van der Waals surface area contributed by atoms with Crippen molar-refractivity contribution in [2.75, 3.05) is 12.8 Å². The number of amides is 1. The quantitative estimate of drug-likeness (QED) is 0.586. The molecule has 3 aromatic rings. The molecule has 2 heterocycles. The maximum absolute atomic E-state index is 12.3. The van der Waals surface area contributed by atoms with Gasteiger partial charge in [-0.3, -0.25) is 4.79 Å². The Morgan fingerprint density at radius 3 is 2.54 bits per heavy atom. The van der Waals surface area contributed by atoms with Crippen LogP contribution in [-0.2, 0) is 17.8 Å². The molecule has 0 aliphatic carbocycles. The summed E-state index contributed by atoms with van der Waals surface area (Å²) in [4.78, 5) is 14.0. The average molecular weight is 371 g/mol. The molecule has 0 radical (unpaired) electrons. The fraction of sp³-hybridized carbons (Fsp3) is 0.316. The maximum Gasteiger partial charge on any atom is 0.277 e. The zero-order valence-electron chi connectivity index (χ0n) is 15.1. The van der Waals surface area contributed by atoms with Crippen molar-refractivity contribution in [1.29, 1.82) is 0 Å². The lowest BCUT2D eigenvalue weighted by Crippen LogP contribution is -2.27. The van der Waals surface area contributed by atoms with E-state index in [2.05, 4.69) is 41.4 Å². The third kappa shape index (κ3) is 4.35. The van der Waals surface area contributed by atoms with Crippen LogP contribution in [0.25, 0.3) is 11.5 Å². The minimum Gasteiger partial charge on any atom is -0.469 e. The molecule has 0 aliphatic heterocycles. The number of hydrogen-bond donors (Lipinski definition) is 0. The van der Waals surface area contributed by atoms with Gasteiger partial charge in [-0.05, 0) is 30.5 Å². The molecule has 2 aromatic heterocycles. The molecule has 136 valence electrons. The van der Waals surface area contributed by atoms with Crippen LogP contribution < -0.4 is 0 Å². The molecular formula is C19H21N3O3S. The number of aromatic nitrogens is 2. The molecule has 0 aliphatic rings. The summed E-state index contributed by atoms with van der Waals surface area (Å²) in [6, 6.07) is 10.1. The van der Waals surface area contributed by atoms with Crippen LogP contribution in [0.4, 0.5) is 0 Å². The number of carbonyl (C=O) groups is 1. The first-order valence-electron chi connectivity index (χ1n) is 8.39. The zero-order chi connectivity index (χ0) is 18.5. The zero-order valence-corrected chi connectivity index (χ0v) is 15.9. The summed E-state index contributed by atoms with van der Waals surface area (Å²) in [6.45, 7) is 4.53. The van der Waals surface area contributed by atoms with Crippen LogP contribution in [0.1, 0.15) is 23.8 Å². The van der Waals surface area contributed by atoms with E-state index < -0.39 is 0 Å². The van der Waals surface area contributed by atoms with Crippen molar-refractivity contribution < 1.29 is 13.6 Å². The van der Waals surface area contributed by atoms with Gasteiger partial charge in [0.05, 0.1) is 17.6 Å². The van der Waals surface area contributed by atoms with E-state index in [1.165, 1.54) is 17.3 Å². The summed E-state index contributed by atoms with van der Waals surface area (Å²) >= 11 is 1.24. The fourth-order valence-electron chi connectivity index (χ4n) is 2.46. The van der Waals surface area contributed by atoms with Crippen LogP contribution in [0, 0.1) is 6.92 Å². The Labute approximate surface area is 156 Å². The van der Waals surface area contributed by atoms with Crippen LogP contribution in [0.2, 0.25) is 0 Å². The molecule has 0 N–H and O–H groups in total. The fourth-order valence-corrected chi connectivity index (χ4v) is 3.16. The molecule has 0 fully saturated rings. The number of benzene rings is 1. The van der Waals surface area contributed by atoms with Crippen LogP contribution >= 0.6 is 11.8 Å². The van der Waals surface area contributed by atoms with Crippen molar-refractivity contribution in [3.8, 4) is 11.5 Å². The van der Waals surface area contributed by atoms with Gasteiger partial charge >= 0.3 is 0 Å². The first-order chi connectivity index (χ1) is 12.6. The molecule has 0 spiro atoms. The van der Waals surface area contributed by atoms with Gasteiger partial charge in [0.1, 0.15) is 5.76 Å². The molecule has 26 heavy (non-hydrogen) atoms. The van der Waals surface area contributed by atoms with Gasteiger partial charge in [-0.25, -0.2) is 0 Å². The number of furan rings is 1. The molecule has 0 saturated carbocycles. The largest absolute Gasteiger partial charge is 0.469 e. The molecule has 1 amide bonds. The number of hydrogen-bond acceptors (Lipinski definition) is 6. The first-order valence-corrected chi connectivity index (χ1v) is 9.38. The first kappa shape index (κ1) is 18.3. The van der Waals surface area contributed by atoms with Gasteiger partial charge in [-0.1, -0.05) is 43.0 Å². The summed E-state index contributed by atoms with van der Waals surface area (Å²) in [6.07, 6.45) is 2.59. The van der Waals surface area contributed by atoms with Crippen molar-refractivity contribution in [1.82, 2.24) is 15.1 Å². The molecule has 6 nitrogen and oxygen atoms in total. The monoisotopic (exact) mass is 371 g/mol. The molecule has 0 unspecified atom stereocenters. The highest BCUT2D eigenvalue weighted by Crippen LogP contribution is 2.26. The van der Waals surface area contributed by atoms with Crippen LogP contribution in [0.15, 0.2) is 50.7 Å². The predicted octanol–water partition coefficient (Wildman–Crippen LogP) is 3.95. The van der Waals surface area contributed by atoms with E-state index in [0.717, 1.165) is 23.3 Å². The van der Waals surface area contributed by atoms with Gasteiger partial charge < -0.3 is 13.7 Å². The van der Waals surface area contributed by atoms with Crippen molar-refractivity contribution in [3.05, 3.63) is 53.5 Å². The highest BCUT2D eigenvalue weighted by Gasteiger charge is 2.16. The Kier molecular flexibility index (Phi) is 5.78. The number of rotatable bonds is 7. The Bertz CT molecular complexity index is 870. The molecule has 0 atom stereocenters. The number of carbonyl (C=O) groups excluding carboxylic acids is 1. The number of thioether (sulfide) groups is 1. The summed E-state index contributed by atoms with van der Waals surface area (Å²) in [5.74, 6) is 1.37. The third-order valence-electron chi connectivity index (χ3n) is 4.09. The van der Waals surface area contributed by atoms with Gasteiger partial charge in [0.25, 0.3) is 11.1 Å². The molecule has 0 saturated heterocycles. The van der Waals surface area contributed by atoms with Crippen LogP contribution in [0.5, 0.6) is 0 Å². The molecule has 0 bridgehead atoms. The topological polar surface area (TPSA) is 72.4 Å². The van der Waals surface area contributed by atoms with E-state index in [4.69, 9.17) is 8.83 Å². The highest BCUT2D eigenvalue weighted by molar-refractivity contribution is 7.99. The minimum absolute atomic E-state index is 0.00816. The number of nitrogens with zero attached hydrogens (tertiary/aromatic N) is 3. The van der Waals surface area contributed by atoms with E-state index in [1.54, 1.807) is 24.3 Å². The summed E-state index contributed by atoms with van der Waals surface area (Å²) in [7, 11) is 1.80. The van der Waals surface area contributed by atoms with Crippen molar-refractivity contribution in [2.24, 2.45) is 0 Å². The lowest BCUT2D eigenvalue weighted by atomic mass is 10.1. The van der Waals surface area contributed by atoms with Gasteiger partial charge in [-0.2, -0.15) is 0 Å². The van der Waals surface area contributed by atoms with E-state index in [-0.39, 0.29) is 11.7 Å². The van der Waals surface area contributed by atoms with E-state index in [1.807, 2.05) is 6.92 Å². The summed E-state index contributed by atoms with van der Waals surface area (Å²) in [5, 5.41) is 8.36. The Morgan fingerprint density at radius 1 is 1.15 bits per heavy atom. The van der Waals surface area contributed by atoms with Gasteiger partial charge in [0.15, 0.2) is 0 Å². The standard InChI is InChI=1S/C19H21N3O3S/c1-4-14-5-7-15(8-6-14)11-22(3)17(23)12-26-19-21-20-18(25-19)16-9-10-24-13(16)2/h5-10H,4,11-12H2,1-3H3. The van der Waals surface area contributed by atoms with Crippen LogP contribution in [0.3, 0.4) is 0 Å². The third-order valence-corrected chi connectivity index (χ3v) is 4.89. The van der Waals surface area contributed by atoms with Crippen molar-refractivity contribution in [3.63, 3.8) is 0 Å². The molecule has 1 aromatic carbocycles. The maximum atomic E-state index is 12.3. The van der Waals surface area contributed by atoms with Crippen molar-refractivity contribution >= 4 is 17.7 Å². The minimum atomic E-state index is 0.00816. The molecule has 7 heteroatoms. The lowest BCUT2D eigenvalue weighted by Gasteiger charge is -2.16. The average Bonchev–Trinajstić information content (AvgIpc) is 3.28. The van der Waals surface area contributed by atoms with Crippen LogP contribution in [-0.4, -0.2) is 33.8 Å². The Balaban J connectivity index is 1.53. The predicted molar refractivity (Wildman–Crippen MR) is 99.8 cm³/mol. The second kappa shape index (κ2) is 8.23. The van der Waals surface area contributed by atoms with E-state index >= 15 is 0 Å². The lowest BCUT2D eigenvalue weighted by molar-refractivity contribution is -0.127. The number of aryl methyl sites for hydroxylation is 2. The van der Waals surface area contributed by atoms with Gasteiger partial charge in [0, 0.05) is 13.6 Å². The normalized spacial score (nSPS) is 10.9. The molecular weight excluding hydrogens is 350 g/mol. The van der Waals surface area contributed by atoms with Gasteiger partial charge in [-0.15, -0.1) is 10.2 Å². The van der Waals surface area contributed by atoms with E-state index in [9.17, 15) is 4.79 Å². The Morgan fingerprint density at radius 2 is 1.88 bits per heavy atom. The van der Waals surface area contributed by atoms with Crippen molar-refractivity contribution in [2.45, 2.75) is 32.0 Å². The summed E-state index contributed by atoms with van der Waals surface area (Å²) < 4.78 is 10.8. The smallest absolute Gasteiger partial charge is 0.277 e. The van der Waals surface area contributed by atoms with Gasteiger partial charge in [0.2, 0.25) is 5.91 Å². The molecule has 3 rings (SSSR count). The summed E-state index contributed by atoms with van der Waals surface area (Å²) in [5.41, 5.74) is 3.17. The SMILES string of the molecule is CCc1ccc(CN(C)C(=O)CSc2nnc(-c3ccoc3C)o2)cc1. The van der Waals surface area contributed by atoms with E-state index in [0.29, 0.717) is 17.7 Å². The highest BCUT2D eigenvalue weighted by atomic mass is 32.2.